The maximum absolute atomic E-state index is 13.5. The lowest BCUT2D eigenvalue weighted by atomic mass is 9.96. The summed E-state index contributed by atoms with van der Waals surface area (Å²) in [4.78, 5) is 31.6. The van der Waals surface area contributed by atoms with E-state index in [0.29, 0.717) is 26.4 Å². The van der Waals surface area contributed by atoms with Gasteiger partial charge in [-0.25, -0.2) is 9.79 Å². The van der Waals surface area contributed by atoms with Crippen molar-refractivity contribution in [3.63, 3.8) is 0 Å². The van der Waals surface area contributed by atoms with E-state index >= 15 is 0 Å². The number of hydrogen-bond donors (Lipinski definition) is 0. The summed E-state index contributed by atoms with van der Waals surface area (Å²) >= 11 is 1.29. The number of allylic oxidation sites excluding steroid dienone is 1. The Morgan fingerprint density at radius 3 is 2.24 bits per heavy atom. The molecule has 0 bridgehead atoms. The number of rotatable bonds is 6. The molecule has 3 aromatic rings. The lowest BCUT2D eigenvalue weighted by Crippen LogP contribution is -2.39. The summed E-state index contributed by atoms with van der Waals surface area (Å²) in [5.41, 5.74) is 2.30. The Hall–Kier alpha value is -3.65. The fourth-order valence-corrected chi connectivity index (χ4v) is 4.79. The minimum absolute atomic E-state index is 0.218. The molecule has 170 valence electrons. The van der Waals surface area contributed by atoms with Gasteiger partial charge in [0.05, 0.1) is 42.7 Å². The Balaban J connectivity index is 1.90. The predicted molar refractivity (Wildman–Crippen MR) is 126 cm³/mol. The van der Waals surface area contributed by atoms with Gasteiger partial charge in [-0.05, 0) is 55.3 Å². The van der Waals surface area contributed by atoms with E-state index in [-0.39, 0.29) is 12.2 Å². The largest absolute Gasteiger partial charge is 0.497 e. The maximum atomic E-state index is 13.5. The highest BCUT2D eigenvalue weighted by atomic mass is 32.1. The Morgan fingerprint density at radius 1 is 1.06 bits per heavy atom. The van der Waals surface area contributed by atoms with Gasteiger partial charge in [0, 0.05) is 0 Å². The Bertz CT molecular complexity index is 1380. The number of carbonyl (C=O) groups is 1. The number of thiazole rings is 1. The van der Waals surface area contributed by atoms with Gasteiger partial charge in [0.1, 0.15) is 11.5 Å². The molecule has 0 aliphatic carbocycles. The van der Waals surface area contributed by atoms with Crippen molar-refractivity contribution in [2.45, 2.75) is 19.9 Å². The second-order valence-corrected chi connectivity index (χ2v) is 8.36. The minimum atomic E-state index is -0.649. The maximum Gasteiger partial charge on any atom is 0.338 e. The fraction of sp³-hybridized carbons (Fsp3) is 0.240. The van der Waals surface area contributed by atoms with Crippen LogP contribution in [0.15, 0.2) is 69.6 Å². The highest BCUT2D eigenvalue weighted by Crippen LogP contribution is 2.31. The first-order chi connectivity index (χ1) is 16.0. The van der Waals surface area contributed by atoms with Gasteiger partial charge in [-0.3, -0.25) is 9.36 Å². The zero-order valence-electron chi connectivity index (χ0n) is 18.8. The van der Waals surface area contributed by atoms with Crippen molar-refractivity contribution in [2.24, 2.45) is 4.99 Å². The van der Waals surface area contributed by atoms with E-state index in [0.717, 1.165) is 16.9 Å². The Morgan fingerprint density at radius 2 is 1.67 bits per heavy atom. The fourth-order valence-electron chi connectivity index (χ4n) is 3.74. The zero-order chi connectivity index (χ0) is 23.5. The topological polar surface area (TPSA) is 79.1 Å². The molecular formula is C25H24N2O5S. The average molecular weight is 465 g/mol. The molecule has 0 N–H and O–H groups in total. The second kappa shape index (κ2) is 9.46. The number of ether oxygens (including phenoxy) is 3. The molecular weight excluding hydrogens is 440 g/mol. The van der Waals surface area contributed by atoms with Gasteiger partial charge in [0.2, 0.25) is 0 Å². The number of methoxy groups -OCH3 is 2. The molecule has 1 aliphatic heterocycles. The monoisotopic (exact) mass is 464 g/mol. The molecule has 8 heteroatoms. The lowest BCUT2D eigenvalue weighted by Gasteiger charge is -2.24. The number of carbonyl (C=O) groups excluding carboxylic acids is 1. The van der Waals surface area contributed by atoms with Crippen LogP contribution in [0, 0.1) is 0 Å². The van der Waals surface area contributed by atoms with Crippen molar-refractivity contribution in [2.75, 3.05) is 20.8 Å². The van der Waals surface area contributed by atoms with E-state index in [4.69, 9.17) is 14.2 Å². The molecule has 0 radical (unpaired) electrons. The highest BCUT2D eigenvalue weighted by Gasteiger charge is 2.33. The number of nitrogens with zero attached hydrogens (tertiary/aromatic N) is 2. The summed E-state index contributed by atoms with van der Waals surface area (Å²) < 4.78 is 17.9. The summed E-state index contributed by atoms with van der Waals surface area (Å²) in [7, 11) is 3.20. The van der Waals surface area contributed by atoms with Gasteiger partial charge >= 0.3 is 5.97 Å². The summed E-state index contributed by atoms with van der Waals surface area (Å²) in [6.07, 6.45) is 1.82. The van der Waals surface area contributed by atoms with E-state index < -0.39 is 12.0 Å². The number of esters is 1. The van der Waals surface area contributed by atoms with Crippen molar-refractivity contribution in [3.8, 4) is 11.5 Å². The molecule has 0 saturated carbocycles. The summed E-state index contributed by atoms with van der Waals surface area (Å²) in [5, 5.41) is 0. The van der Waals surface area contributed by atoms with Crippen molar-refractivity contribution >= 4 is 23.4 Å². The molecule has 1 unspecified atom stereocenters. The van der Waals surface area contributed by atoms with Gasteiger partial charge in [-0.1, -0.05) is 35.6 Å². The number of benzene rings is 2. The second-order valence-electron chi connectivity index (χ2n) is 7.35. The smallest absolute Gasteiger partial charge is 0.338 e. The van der Waals surface area contributed by atoms with Crippen molar-refractivity contribution in [1.82, 2.24) is 4.57 Å². The summed E-state index contributed by atoms with van der Waals surface area (Å²) in [6.45, 7) is 3.75. The van der Waals surface area contributed by atoms with Crippen LogP contribution in [0.1, 0.15) is 31.0 Å². The summed E-state index contributed by atoms with van der Waals surface area (Å²) in [6, 6.07) is 14.1. The third-order valence-corrected chi connectivity index (χ3v) is 6.35. The standard InChI is InChI=1S/C25H24N2O5S/c1-5-32-24(29)21-15(2)26-25-27(22(21)17-8-12-19(31-4)13-9-17)23(28)20(33-25)14-16-6-10-18(30-3)11-7-16/h6-14,22H,5H2,1-4H3/b20-14+. The van der Waals surface area contributed by atoms with E-state index in [1.54, 1.807) is 44.8 Å². The Labute approximate surface area is 194 Å². The van der Waals surface area contributed by atoms with Gasteiger partial charge in [0.15, 0.2) is 4.80 Å². The number of fused-ring (bicyclic) bond motifs is 1. The quantitative estimate of drug-likeness (QED) is 0.524. The van der Waals surface area contributed by atoms with Crippen LogP contribution in [0.3, 0.4) is 0 Å². The van der Waals surface area contributed by atoms with Crippen LogP contribution in [-0.4, -0.2) is 31.4 Å². The van der Waals surface area contributed by atoms with Crippen LogP contribution in [0.5, 0.6) is 11.5 Å². The van der Waals surface area contributed by atoms with Gasteiger partial charge in [-0.15, -0.1) is 0 Å². The van der Waals surface area contributed by atoms with Gasteiger partial charge < -0.3 is 14.2 Å². The normalized spacial score (nSPS) is 15.6. The van der Waals surface area contributed by atoms with Crippen LogP contribution < -0.4 is 24.4 Å². The average Bonchev–Trinajstić information content (AvgIpc) is 3.13. The first-order valence-corrected chi connectivity index (χ1v) is 11.3. The molecule has 33 heavy (non-hydrogen) atoms. The minimum Gasteiger partial charge on any atom is -0.497 e. The van der Waals surface area contributed by atoms with E-state index in [1.165, 1.54) is 11.3 Å². The number of hydrogen-bond acceptors (Lipinski definition) is 7. The van der Waals surface area contributed by atoms with Crippen LogP contribution >= 0.6 is 11.3 Å². The van der Waals surface area contributed by atoms with E-state index in [2.05, 4.69) is 4.99 Å². The molecule has 0 fully saturated rings. The predicted octanol–water partition coefficient (Wildman–Crippen LogP) is 2.82. The SMILES string of the molecule is CCOC(=O)C1=C(C)N=c2s/c(=C/c3ccc(OC)cc3)c(=O)n2C1c1ccc(OC)cc1. The zero-order valence-corrected chi connectivity index (χ0v) is 19.6. The van der Waals surface area contributed by atoms with Gasteiger partial charge in [0.25, 0.3) is 5.56 Å². The molecule has 0 saturated heterocycles. The molecule has 1 aliphatic rings. The van der Waals surface area contributed by atoms with Crippen molar-refractivity contribution < 1.29 is 19.0 Å². The molecule has 0 amide bonds. The molecule has 4 rings (SSSR count). The molecule has 1 atom stereocenters. The van der Waals surface area contributed by atoms with Gasteiger partial charge in [-0.2, -0.15) is 0 Å². The lowest BCUT2D eigenvalue weighted by molar-refractivity contribution is -0.139. The first kappa shape index (κ1) is 22.5. The van der Waals surface area contributed by atoms with Crippen LogP contribution in [0.4, 0.5) is 0 Å². The van der Waals surface area contributed by atoms with Crippen molar-refractivity contribution in [1.29, 1.82) is 0 Å². The van der Waals surface area contributed by atoms with Crippen LogP contribution in [-0.2, 0) is 9.53 Å². The van der Waals surface area contributed by atoms with Crippen molar-refractivity contribution in [3.05, 3.63) is 90.6 Å². The molecule has 7 nitrogen and oxygen atoms in total. The number of aromatic nitrogens is 1. The third kappa shape index (κ3) is 4.34. The van der Waals surface area contributed by atoms with E-state index in [9.17, 15) is 9.59 Å². The molecule has 1 aromatic heterocycles. The van der Waals surface area contributed by atoms with Crippen LogP contribution in [0.2, 0.25) is 0 Å². The molecule has 2 heterocycles. The molecule has 0 spiro atoms. The molecule has 2 aromatic carbocycles. The Kier molecular flexibility index (Phi) is 6.46. The third-order valence-electron chi connectivity index (χ3n) is 5.36. The van der Waals surface area contributed by atoms with E-state index in [1.807, 2.05) is 42.5 Å². The van der Waals surface area contributed by atoms with Crippen LogP contribution in [0.25, 0.3) is 6.08 Å². The first-order valence-electron chi connectivity index (χ1n) is 10.4. The highest BCUT2D eigenvalue weighted by molar-refractivity contribution is 7.07. The summed E-state index contributed by atoms with van der Waals surface area (Å²) in [5.74, 6) is 0.941.